The maximum Gasteiger partial charge on any atom is 0.172 e. The second-order valence-corrected chi connectivity index (χ2v) is 5.50. The minimum absolute atomic E-state index is 0.282. The SMILES string of the molecule is Cc1nc(NC(=S)NC[C@H]2CCCO2)ccc1Br. The average Bonchev–Trinajstić information content (AvgIpc) is 2.84. The van der Waals surface area contributed by atoms with Crippen molar-refractivity contribution in [2.24, 2.45) is 0 Å². The van der Waals surface area contributed by atoms with Gasteiger partial charge in [-0.05, 0) is 60.0 Å². The van der Waals surface area contributed by atoms with Gasteiger partial charge in [-0.15, -0.1) is 0 Å². The summed E-state index contributed by atoms with van der Waals surface area (Å²) in [6, 6.07) is 3.84. The molecule has 1 aromatic heterocycles. The van der Waals surface area contributed by atoms with Crippen LogP contribution in [0, 0.1) is 6.92 Å². The number of rotatable bonds is 3. The molecule has 6 heteroatoms. The number of nitrogens with zero attached hydrogens (tertiary/aromatic N) is 1. The van der Waals surface area contributed by atoms with E-state index in [0.29, 0.717) is 5.11 Å². The Labute approximate surface area is 121 Å². The molecule has 2 rings (SSSR count). The largest absolute Gasteiger partial charge is 0.376 e. The van der Waals surface area contributed by atoms with E-state index in [9.17, 15) is 0 Å². The molecule has 98 valence electrons. The predicted molar refractivity (Wildman–Crippen MR) is 79.9 cm³/mol. The fourth-order valence-electron chi connectivity index (χ4n) is 1.79. The Morgan fingerprint density at radius 3 is 3.11 bits per heavy atom. The van der Waals surface area contributed by atoms with E-state index in [0.717, 1.165) is 42.0 Å². The van der Waals surface area contributed by atoms with Crippen LogP contribution >= 0.6 is 28.1 Å². The van der Waals surface area contributed by atoms with Crippen LogP contribution in [-0.2, 0) is 4.74 Å². The third kappa shape index (κ3) is 3.90. The summed E-state index contributed by atoms with van der Waals surface area (Å²) >= 11 is 8.63. The molecule has 0 amide bonds. The van der Waals surface area contributed by atoms with Gasteiger partial charge in [-0.1, -0.05) is 0 Å². The maximum absolute atomic E-state index is 5.52. The topological polar surface area (TPSA) is 46.2 Å². The number of pyridine rings is 1. The minimum Gasteiger partial charge on any atom is -0.376 e. The van der Waals surface area contributed by atoms with Crippen molar-refractivity contribution in [1.29, 1.82) is 0 Å². The Bertz CT molecular complexity index is 435. The lowest BCUT2D eigenvalue weighted by molar-refractivity contribution is 0.114. The molecular weight excluding hydrogens is 314 g/mol. The molecule has 1 aliphatic heterocycles. The second-order valence-electron chi connectivity index (χ2n) is 4.23. The van der Waals surface area contributed by atoms with Gasteiger partial charge in [-0.2, -0.15) is 0 Å². The number of aromatic nitrogens is 1. The molecule has 2 heterocycles. The molecule has 1 aromatic rings. The number of halogens is 1. The van der Waals surface area contributed by atoms with Crippen molar-refractivity contribution in [2.45, 2.75) is 25.9 Å². The van der Waals surface area contributed by atoms with Crippen LogP contribution < -0.4 is 10.6 Å². The predicted octanol–water partition coefficient (Wildman–Crippen LogP) is 2.62. The van der Waals surface area contributed by atoms with Crippen LogP contribution in [0.4, 0.5) is 5.82 Å². The van der Waals surface area contributed by atoms with Gasteiger partial charge >= 0.3 is 0 Å². The molecule has 1 aliphatic rings. The summed E-state index contributed by atoms with van der Waals surface area (Å²) in [5.74, 6) is 0.751. The standard InChI is InChI=1S/C12H16BrN3OS/c1-8-10(13)4-5-11(15-8)16-12(18)14-7-9-3-2-6-17-9/h4-5,9H,2-3,6-7H2,1H3,(H2,14,15,16,18)/t9-/m1/s1. The first-order chi connectivity index (χ1) is 8.65. The lowest BCUT2D eigenvalue weighted by Gasteiger charge is -2.13. The van der Waals surface area contributed by atoms with Crippen molar-refractivity contribution in [3.8, 4) is 0 Å². The summed E-state index contributed by atoms with van der Waals surface area (Å²) in [5, 5.41) is 6.80. The molecule has 0 unspecified atom stereocenters. The Balaban J connectivity index is 1.80. The molecule has 1 atom stereocenters. The van der Waals surface area contributed by atoms with E-state index in [1.807, 2.05) is 19.1 Å². The second kappa shape index (κ2) is 6.45. The van der Waals surface area contributed by atoms with Crippen molar-refractivity contribution < 1.29 is 4.74 Å². The van der Waals surface area contributed by atoms with E-state index in [1.165, 1.54) is 0 Å². The van der Waals surface area contributed by atoms with Crippen molar-refractivity contribution >= 4 is 39.1 Å². The van der Waals surface area contributed by atoms with E-state index in [4.69, 9.17) is 17.0 Å². The summed E-state index contributed by atoms with van der Waals surface area (Å²) in [6.45, 7) is 3.56. The van der Waals surface area contributed by atoms with E-state index in [-0.39, 0.29) is 6.10 Å². The van der Waals surface area contributed by atoms with Crippen LogP contribution in [0.3, 0.4) is 0 Å². The number of nitrogens with one attached hydrogen (secondary N) is 2. The molecule has 0 spiro atoms. The summed E-state index contributed by atoms with van der Waals surface area (Å²) < 4.78 is 6.51. The van der Waals surface area contributed by atoms with Crippen LogP contribution in [-0.4, -0.2) is 29.4 Å². The monoisotopic (exact) mass is 329 g/mol. The molecule has 1 saturated heterocycles. The molecule has 4 nitrogen and oxygen atoms in total. The van der Waals surface area contributed by atoms with Crippen molar-refractivity contribution in [3.05, 3.63) is 22.3 Å². The molecule has 18 heavy (non-hydrogen) atoms. The third-order valence-corrected chi connectivity index (χ3v) is 3.86. The quantitative estimate of drug-likeness (QED) is 0.835. The van der Waals surface area contributed by atoms with E-state index < -0.39 is 0 Å². The van der Waals surface area contributed by atoms with Crippen LogP contribution in [0.25, 0.3) is 0 Å². The summed E-state index contributed by atoms with van der Waals surface area (Å²) in [4.78, 5) is 4.38. The van der Waals surface area contributed by atoms with Crippen molar-refractivity contribution in [3.63, 3.8) is 0 Å². The minimum atomic E-state index is 0.282. The number of anilines is 1. The van der Waals surface area contributed by atoms with Gasteiger partial charge in [0.15, 0.2) is 5.11 Å². The average molecular weight is 330 g/mol. The first-order valence-electron chi connectivity index (χ1n) is 5.95. The normalized spacial score (nSPS) is 18.7. The zero-order valence-corrected chi connectivity index (χ0v) is 12.6. The van der Waals surface area contributed by atoms with E-state index in [2.05, 4.69) is 31.5 Å². The summed E-state index contributed by atoms with van der Waals surface area (Å²) in [7, 11) is 0. The maximum atomic E-state index is 5.52. The number of hydrogen-bond donors (Lipinski definition) is 2. The van der Waals surface area contributed by atoms with Gasteiger partial charge in [-0.25, -0.2) is 4.98 Å². The smallest absolute Gasteiger partial charge is 0.172 e. The molecule has 1 fully saturated rings. The fraction of sp³-hybridized carbons (Fsp3) is 0.500. The van der Waals surface area contributed by atoms with E-state index in [1.54, 1.807) is 0 Å². The first kappa shape index (κ1) is 13.7. The van der Waals surface area contributed by atoms with Gasteiger partial charge in [0.2, 0.25) is 0 Å². The molecule has 0 aliphatic carbocycles. The van der Waals surface area contributed by atoms with Crippen molar-refractivity contribution in [2.75, 3.05) is 18.5 Å². The number of aryl methyl sites for hydroxylation is 1. The van der Waals surface area contributed by atoms with Gasteiger partial charge in [0, 0.05) is 17.6 Å². The highest BCUT2D eigenvalue weighted by atomic mass is 79.9. The third-order valence-electron chi connectivity index (χ3n) is 2.78. The molecule has 0 saturated carbocycles. The Kier molecular flexibility index (Phi) is 4.91. The molecule has 0 bridgehead atoms. The lowest BCUT2D eigenvalue weighted by Crippen LogP contribution is -2.35. The van der Waals surface area contributed by atoms with Crippen LogP contribution in [0.5, 0.6) is 0 Å². The number of thiocarbonyl (C=S) groups is 1. The Morgan fingerprint density at radius 2 is 2.44 bits per heavy atom. The number of hydrogen-bond acceptors (Lipinski definition) is 3. The molecule has 2 N–H and O–H groups in total. The highest BCUT2D eigenvalue weighted by Gasteiger charge is 2.15. The molecular formula is C12H16BrN3OS. The van der Waals surface area contributed by atoms with Gasteiger partial charge in [0.05, 0.1) is 11.8 Å². The molecule has 0 aromatic carbocycles. The highest BCUT2D eigenvalue weighted by Crippen LogP contribution is 2.16. The lowest BCUT2D eigenvalue weighted by atomic mass is 10.2. The van der Waals surface area contributed by atoms with Crippen LogP contribution in [0.2, 0.25) is 0 Å². The van der Waals surface area contributed by atoms with Gasteiger partial charge in [0.25, 0.3) is 0 Å². The van der Waals surface area contributed by atoms with Crippen LogP contribution in [0.1, 0.15) is 18.5 Å². The zero-order valence-electron chi connectivity index (χ0n) is 10.2. The van der Waals surface area contributed by atoms with E-state index >= 15 is 0 Å². The Morgan fingerprint density at radius 1 is 1.61 bits per heavy atom. The number of ether oxygens (including phenoxy) is 1. The van der Waals surface area contributed by atoms with Crippen LogP contribution in [0.15, 0.2) is 16.6 Å². The molecule has 0 radical (unpaired) electrons. The van der Waals surface area contributed by atoms with Gasteiger partial charge in [0.1, 0.15) is 5.82 Å². The van der Waals surface area contributed by atoms with Gasteiger partial charge in [-0.3, -0.25) is 0 Å². The van der Waals surface area contributed by atoms with Gasteiger partial charge < -0.3 is 15.4 Å². The highest BCUT2D eigenvalue weighted by molar-refractivity contribution is 9.10. The summed E-state index contributed by atoms with van der Waals surface area (Å²) in [5.41, 5.74) is 0.932. The van der Waals surface area contributed by atoms with Crippen molar-refractivity contribution in [1.82, 2.24) is 10.3 Å². The summed E-state index contributed by atoms with van der Waals surface area (Å²) in [6.07, 6.45) is 2.52. The first-order valence-corrected chi connectivity index (χ1v) is 7.15. The fourth-order valence-corrected chi connectivity index (χ4v) is 2.19. The zero-order chi connectivity index (χ0) is 13.0. The Hall–Kier alpha value is -0.720.